The fourth-order valence-corrected chi connectivity index (χ4v) is 2.49. The van der Waals surface area contributed by atoms with Crippen LogP contribution in [0.4, 0.5) is 0 Å². The molecule has 0 atom stereocenters. The summed E-state index contributed by atoms with van der Waals surface area (Å²) in [7, 11) is 0. The predicted molar refractivity (Wildman–Crippen MR) is 82.3 cm³/mol. The van der Waals surface area contributed by atoms with Gasteiger partial charge in [0.2, 0.25) is 0 Å². The number of hydrogen-bond donors (Lipinski definition) is 2. The highest BCUT2D eigenvalue weighted by molar-refractivity contribution is 14.0. The van der Waals surface area contributed by atoms with Crippen molar-refractivity contribution >= 4 is 29.9 Å². The van der Waals surface area contributed by atoms with Crippen molar-refractivity contribution in [2.75, 3.05) is 32.8 Å². The fraction of sp³-hybridized carbons (Fsp3) is 0.917. The van der Waals surface area contributed by atoms with Crippen molar-refractivity contribution in [2.45, 2.75) is 37.7 Å². The summed E-state index contributed by atoms with van der Waals surface area (Å²) in [6.07, 6.45) is 5.14. The lowest BCUT2D eigenvalue weighted by atomic mass is 9.85. The molecule has 0 aromatic rings. The first kappa shape index (κ1) is 16.0. The maximum atomic E-state index is 10.3. The van der Waals surface area contributed by atoms with Crippen LogP contribution >= 0.6 is 24.0 Å². The number of ether oxygens (including phenoxy) is 1. The molecule has 1 aliphatic heterocycles. The highest BCUT2D eigenvalue weighted by Gasteiger charge is 2.29. The van der Waals surface area contributed by atoms with Crippen molar-refractivity contribution in [1.82, 2.24) is 4.90 Å². The van der Waals surface area contributed by atoms with Crippen molar-refractivity contribution in [1.29, 1.82) is 0 Å². The second-order valence-corrected chi connectivity index (χ2v) is 5.06. The van der Waals surface area contributed by atoms with Gasteiger partial charge in [-0.1, -0.05) is 19.3 Å². The summed E-state index contributed by atoms with van der Waals surface area (Å²) in [5, 5.41) is 10.3. The molecule has 0 unspecified atom stereocenters. The summed E-state index contributed by atoms with van der Waals surface area (Å²) in [5.74, 6) is 0.548. The quantitative estimate of drug-likeness (QED) is 0.432. The van der Waals surface area contributed by atoms with Crippen molar-refractivity contribution in [3.05, 3.63) is 0 Å². The zero-order chi connectivity index (χ0) is 12.1. The highest BCUT2D eigenvalue weighted by Crippen LogP contribution is 2.28. The zero-order valence-corrected chi connectivity index (χ0v) is 13.1. The molecular formula is C12H24IN3O2. The van der Waals surface area contributed by atoms with E-state index in [-0.39, 0.29) is 24.0 Å². The van der Waals surface area contributed by atoms with Crippen LogP contribution in [0.5, 0.6) is 0 Å². The molecule has 1 heterocycles. The fourth-order valence-electron chi connectivity index (χ4n) is 2.49. The summed E-state index contributed by atoms with van der Waals surface area (Å²) >= 11 is 0. The molecule has 0 aromatic carbocycles. The van der Waals surface area contributed by atoms with Crippen LogP contribution in [0.2, 0.25) is 0 Å². The summed E-state index contributed by atoms with van der Waals surface area (Å²) in [6.45, 7) is 3.46. The van der Waals surface area contributed by atoms with Gasteiger partial charge in [0.15, 0.2) is 5.96 Å². The summed E-state index contributed by atoms with van der Waals surface area (Å²) in [6, 6.07) is 0. The molecule has 2 rings (SSSR count). The van der Waals surface area contributed by atoms with E-state index in [9.17, 15) is 5.11 Å². The first-order chi connectivity index (χ1) is 8.20. The average Bonchev–Trinajstić information content (AvgIpc) is 2.38. The van der Waals surface area contributed by atoms with Gasteiger partial charge in [0.1, 0.15) is 0 Å². The Bertz CT molecular complexity index is 274. The van der Waals surface area contributed by atoms with Crippen molar-refractivity contribution in [3.8, 4) is 0 Å². The van der Waals surface area contributed by atoms with Gasteiger partial charge < -0.3 is 20.5 Å². The lowest BCUT2D eigenvalue weighted by Crippen LogP contribution is -2.46. The number of morpholine rings is 1. The van der Waals surface area contributed by atoms with Crippen LogP contribution in [0.3, 0.4) is 0 Å². The van der Waals surface area contributed by atoms with Crippen LogP contribution in [-0.4, -0.2) is 54.4 Å². The number of rotatable bonds is 2. The van der Waals surface area contributed by atoms with Gasteiger partial charge in [0.05, 0.1) is 25.4 Å². The molecule has 5 nitrogen and oxygen atoms in total. The van der Waals surface area contributed by atoms with E-state index in [2.05, 4.69) is 4.99 Å². The lowest BCUT2D eigenvalue weighted by molar-refractivity contribution is 0.0127. The predicted octanol–water partition coefficient (Wildman–Crippen LogP) is 0.946. The molecule has 1 saturated heterocycles. The number of guanidine groups is 1. The molecular weight excluding hydrogens is 345 g/mol. The largest absolute Gasteiger partial charge is 0.388 e. The van der Waals surface area contributed by atoms with E-state index < -0.39 is 5.60 Å². The number of aliphatic hydroxyl groups is 1. The average molecular weight is 369 g/mol. The minimum absolute atomic E-state index is 0. The Labute approximate surface area is 126 Å². The Morgan fingerprint density at radius 2 is 1.83 bits per heavy atom. The molecule has 106 valence electrons. The summed E-state index contributed by atoms with van der Waals surface area (Å²) < 4.78 is 5.26. The van der Waals surface area contributed by atoms with Crippen LogP contribution in [0.1, 0.15) is 32.1 Å². The van der Waals surface area contributed by atoms with Crippen molar-refractivity contribution in [3.63, 3.8) is 0 Å². The topological polar surface area (TPSA) is 71.1 Å². The Balaban J connectivity index is 0.00000162. The van der Waals surface area contributed by atoms with Gasteiger partial charge in [0, 0.05) is 13.1 Å². The SMILES string of the molecule is I.NC(=NCC1(O)CCCCC1)N1CCOCC1. The molecule has 2 aliphatic rings. The van der Waals surface area contributed by atoms with Crippen molar-refractivity contribution < 1.29 is 9.84 Å². The first-order valence-electron chi connectivity index (χ1n) is 6.55. The van der Waals surface area contributed by atoms with Gasteiger partial charge in [-0.2, -0.15) is 0 Å². The third-order valence-corrected chi connectivity index (χ3v) is 3.65. The molecule has 1 saturated carbocycles. The zero-order valence-electron chi connectivity index (χ0n) is 10.8. The summed E-state index contributed by atoms with van der Waals surface area (Å²) in [5.41, 5.74) is 5.32. The minimum Gasteiger partial charge on any atom is -0.388 e. The molecule has 0 aromatic heterocycles. The highest BCUT2D eigenvalue weighted by atomic mass is 127. The second-order valence-electron chi connectivity index (χ2n) is 5.06. The molecule has 2 fully saturated rings. The number of aliphatic imine (C=N–C) groups is 1. The molecule has 0 amide bonds. The smallest absolute Gasteiger partial charge is 0.191 e. The monoisotopic (exact) mass is 369 g/mol. The van der Waals surface area contributed by atoms with Crippen LogP contribution in [-0.2, 0) is 4.74 Å². The van der Waals surface area contributed by atoms with Gasteiger partial charge >= 0.3 is 0 Å². The minimum atomic E-state index is -0.616. The van der Waals surface area contributed by atoms with Crippen LogP contribution < -0.4 is 5.73 Å². The Morgan fingerprint density at radius 3 is 2.44 bits per heavy atom. The van der Waals surface area contributed by atoms with Crippen LogP contribution in [0, 0.1) is 0 Å². The third kappa shape index (κ3) is 4.55. The van der Waals surface area contributed by atoms with Gasteiger partial charge in [-0.25, -0.2) is 0 Å². The van der Waals surface area contributed by atoms with E-state index in [0.29, 0.717) is 25.7 Å². The number of hydrogen-bond acceptors (Lipinski definition) is 3. The Morgan fingerprint density at radius 1 is 1.22 bits per heavy atom. The van der Waals surface area contributed by atoms with Crippen molar-refractivity contribution in [2.24, 2.45) is 10.7 Å². The molecule has 18 heavy (non-hydrogen) atoms. The van der Waals surface area contributed by atoms with E-state index in [1.807, 2.05) is 4.90 Å². The van der Waals surface area contributed by atoms with Gasteiger partial charge in [-0.15, -0.1) is 24.0 Å². The van der Waals surface area contributed by atoms with Gasteiger partial charge in [-0.05, 0) is 12.8 Å². The number of nitrogens with two attached hydrogens (primary N) is 1. The number of halogens is 1. The first-order valence-corrected chi connectivity index (χ1v) is 6.55. The molecule has 0 bridgehead atoms. The third-order valence-electron chi connectivity index (χ3n) is 3.65. The molecule has 0 spiro atoms. The van der Waals surface area contributed by atoms with E-state index in [0.717, 1.165) is 38.8 Å². The van der Waals surface area contributed by atoms with Gasteiger partial charge in [0.25, 0.3) is 0 Å². The Hall–Kier alpha value is -0.0800. The molecule has 3 N–H and O–H groups in total. The maximum absolute atomic E-state index is 10.3. The van der Waals surface area contributed by atoms with Gasteiger partial charge in [-0.3, -0.25) is 4.99 Å². The molecule has 0 radical (unpaired) electrons. The van der Waals surface area contributed by atoms with E-state index in [1.54, 1.807) is 0 Å². The molecule has 6 heteroatoms. The lowest BCUT2D eigenvalue weighted by Gasteiger charge is -2.32. The van der Waals surface area contributed by atoms with E-state index >= 15 is 0 Å². The van der Waals surface area contributed by atoms with Crippen LogP contribution in [0.25, 0.3) is 0 Å². The summed E-state index contributed by atoms with van der Waals surface area (Å²) in [4.78, 5) is 6.38. The Kier molecular flexibility index (Phi) is 6.65. The van der Waals surface area contributed by atoms with Crippen LogP contribution in [0.15, 0.2) is 4.99 Å². The molecule has 1 aliphatic carbocycles. The second kappa shape index (κ2) is 7.49. The normalized spacial score (nSPS) is 24.5. The van der Waals surface area contributed by atoms with E-state index in [4.69, 9.17) is 10.5 Å². The standard InChI is InChI=1S/C12H23N3O2.HI/c13-11(15-6-8-17-9-7-15)14-10-12(16)4-2-1-3-5-12;/h16H,1-10H2,(H2,13,14);1H. The number of nitrogens with zero attached hydrogens (tertiary/aromatic N) is 2. The van der Waals surface area contributed by atoms with E-state index in [1.165, 1.54) is 6.42 Å². The maximum Gasteiger partial charge on any atom is 0.191 e.